The Labute approximate surface area is 105 Å². The molecule has 0 aliphatic carbocycles. The molecule has 4 heteroatoms. The molecule has 1 heterocycles. The number of nitrogens with zero attached hydrogens (tertiary/aromatic N) is 1. The van der Waals surface area contributed by atoms with Crippen molar-refractivity contribution in [1.82, 2.24) is 4.98 Å². The van der Waals surface area contributed by atoms with E-state index < -0.39 is 5.60 Å². The van der Waals surface area contributed by atoms with E-state index in [0.29, 0.717) is 6.42 Å². The van der Waals surface area contributed by atoms with Crippen molar-refractivity contribution >= 4 is 21.6 Å². The zero-order chi connectivity index (χ0) is 12.5. The minimum absolute atomic E-state index is 0.125. The summed E-state index contributed by atoms with van der Waals surface area (Å²) in [6, 6.07) is 8.02. The van der Waals surface area contributed by atoms with E-state index in [4.69, 9.17) is 5.73 Å². The molecule has 0 saturated heterocycles. The van der Waals surface area contributed by atoms with Gasteiger partial charge in [0.05, 0.1) is 20.8 Å². The Morgan fingerprint density at radius 3 is 2.71 bits per heavy atom. The molecule has 0 fully saturated rings. The number of rotatable bonds is 4. The summed E-state index contributed by atoms with van der Waals surface area (Å²) >= 11 is 1.63. The molecule has 0 radical (unpaired) electrons. The molecule has 2 rings (SSSR count). The summed E-state index contributed by atoms with van der Waals surface area (Å²) in [6.45, 7) is 4.24. The van der Waals surface area contributed by atoms with Gasteiger partial charge in [0.25, 0.3) is 0 Å². The number of fused-ring (bicyclic) bond motifs is 1. The molecular weight excluding hydrogens is 232 g/mol. The predicted octanol–water partition coefficient (Wildman–Crippen LogP) is 2.18. The summed E-state index contributed by atoms with van der Waals surface area (Å²) in [5, 5.41) is 11.4. The maximum absolute atomic E-state index is 10.4. The molecule has 3 N–H and O–H groups in total. The maximum atomic E-state index is 10.4. The molecule has 0 aliphatic heterocycles. The van der Waals surface area contributed by atoms with Crippen molar-refractivity contribution in [3.63, 3.8) is 0 Å². The van der Waals surface area contributed by atoms with Gasteiger partial charge in [-0.1, -0.05) is 26.0 Å². The quantitative estimate of drug-likeness (QED) is 0.874. The number of thiazole rings is 1. The molecule has 2 aromatic rings. The van der Waals surface area contributed by atoms with Crippen LogP contribution in [0.25, 0.3) is 10.2 Å². The Kier molecular flexibility index (Phi) is 3.47. The van der Waals surface area contributed by atoms with Crippen LogP contribution in [-0.4, -0.2) is 22.2 Å². The first kappa shape index (κ1) is 12.5. The summed E-state index contributed by atoms with van der Waals surface area (Å²) < 4.78 is 1.16. The van der Waals surface area contributed by atoms with E-state index in [1.165, 1.54) is 0 Å². The molecule has 1 aromatic carbocycles. The number of para-hydroxylation sites is 1. The normalized spacial score (nSPS) is 15.4. The average Bonchev–Trinajstić information content (AvgIpc) is 2.70. The van der Waals surface area contributed by atoms with Crippen molar-refractivity contribution in [2.75, 3.05) is 6.54 Å². The molecule has 92 valence electrons. The van der Waals surface area contributed by atoms with Crippen LogP contribution in [0.2, 0.25) is 0 Å². The van der Waals surface area contributed by atoms with Gasteiger partial charge in [-0.05, 0) is 18.1 Å². The van der Waals surface area contributed by atoms with E-state index in [-0.39, 0.29) is 12.5 Å². The second kappa shape index (κ2) is 4.72. The second-order valence-corrected chi connectivity index (χ2v) is 5.83. The number of benzene rings is 1. The summed E-state index contributed by atoms with van der Waals surface area (Å²) in [5.41, 5.74) is 5.82. The van der Waals surface area contributed by atoms with Crippen LogP contribution in [0.15, 0.2) is 24.3 Å². The third kappa shape index (κ3) is 2.49. The average molecular weight is 250 g/mol. The fraction of sp³-hybridized carbons (Fsp3) is 0.462. The van der Waals surface area contributed by atoms with E-state index in [0.717, 1.165) is 15.2 Å². The van der Waals surface area contributed by atoms with Gasteiger partial charge in [0.15, 0.2) is 0 Å². The summed E-state index contributed by atoms with van der Waals surface area (Å²) in [4.78, 5) is 4.53. The van der Waals surface area contributed by atoms with Gasteiger partial charge in [0.2, 0.25) is 0 Å². The van der Waals surface area contributed by atoms with E-state index in [2.05, 4.69) is 4.98 Å². The lowest BCUT2D eigenvalue weighted by molar-refractivity contribution is 0.00408. The lowest BCUT2D eigenvalue weighted by Crippen LogP contribution is -2.44. The molecule has 0 amide bonds. The molecule has 0 spiro atoms. The Morgan fingerprint density at radius 1 is 1.41 bits per heavy atom. The Balaban J connectivity index is 2.29. The van der Waals surface area contributed by atoms with Crippen LogP contribution >= 0.6 is 11.3 Å². The number of nitrogens with two attached hydrogens (primary N) is 1. The first-order valence-electron chi connectivity index (χ1n) is 5.82. The van der Waals surface area contributed by atoms with Crippen LogP contribution in [0.4, 0.5) is 0 Å². The van der Waals surface area contributed by atoms with Gasteiger partial charge < -0.3 is 10.8 Å². The molecule has 1 aromatic heterocycles. The highest BCUT2D eigenvalue weighted by Gasteiger charge is 2.30. The Bertz CT molecular complexity index is 476. The molecule has 3 nitrogen and oxygen atoms in total. The van der Waals surface area contributed by atoms with Crippen LogP contribution in [0, 0.1) is 5.92 Å². The molecule has 0 aliphatic rings. The van der Waals surface area contributed by atoms with E-state index >= 15 is 0 Å². The Morgan fingerprint density at radius 2 is 2.12 bits per heavy atom. The molecule has 0 bridgehead atoms. The molecule has 1 unspecified atom stereocenters. The number of hydrogen-bond donors (Lipinski definition) is 2. The maximum Gasteiger partial charge on any atom is 0.0967 e. The molecule has 17 heavy (non-hydrogen) atoms. The lowest BCUT2D eigenvalue weighted by Gasteiger charge is -2.29. The van der Waals surface area contributed by atoms with E-state index in [1.807, 2.05) is 38.1 Å². The van der Waals surface area contributed by atoms with Crippen LogP contribution in [0.5, 0.6) is 0 Å². The van der Waals surface area contributed by atoms with Gasteiger partial charge in [-0.15, -0.1) is 11.3 Å². The Hall–Kier alpha value is -0.970. The zero-order valence-corrected chi connectivity index (χ0v) is 11.0. The van der Waals surface area contributed by atoms with Gasteiger partial charge in [-0.2, -0.15) is 0 Å². The monoisotopic (exact) mass is 250 g/mol. The zero-order valence-electron chi connectivity index (χ0n) is 10.2. The predicted molar refractivity (Wildman–Crippen MR) is 72.2 cm³/mol. The molecular formula is C13H18N2OS. The van der Waals surface area contributed by atoms with Crippen molar-refractivity contribution < 1.29 is 5.11 Å². The molecule has 0 saturated carbocycles. The van der Waals surface area contributed by atoms with Crippen LogP contribution in [0.1, 0.15) is 18.9 Å². The largest absolute Gasteiger partial charge is 0.388 e. The summed E-state index contributed by atoms with van der Waals surface area (Å²) in [5.74, 6) is 0.125. The van der Waals surface area contributed by atoms with Crippen molar-refractivity contribution in [2.24, 2.45) is 11.7 Å². The fourth-order valence-corrected chi connectivity index (χ4v) is 2.85. The minimum atomic E-state index is -0.853. The smallest absolute Gasteiger partial charge is 0.0967 e. The van der Waals surface area contributed by atoms with Crippen molar-refractivity contribution in [2.45, 2.75) is 25.9 Å². The van der Waals surface area contributed by atoms with Crippen LogP contribution < -0.4 is 5.73 Å². The van der Waals surface area contributed by atoms with Gasteiger partial charge in [0.1, 0.15) is 0 Å². The third-order valence-electron chi connectivity index (χ3n) is 3.22. The first-order chi connectivity index (χ1) is 8.05. The molecule has 1 atom stereocenters. The lowest BCUT2D eigenvalue weighted by atomic mass is 9.87. The van der Waals surface area contributed by atoms with Gasteiger partial charge >= 0.3 is 0 Å². The van der Waals surface area contributed by atoms with Crippen molar-refractivity contribution in [3.05, 3.63) is 29.3 Å². The van der Waals surface area contributed by atoms with Crippen LogP contribution in [-0.2, 0) is 6.42 Å². The number of aromatic nitrogens is 1. The van der Waals surface area contributed by atoms with E-state index in [1.54, 1.807) is 11.3 Å². The summed E-state index contributed by atoms with van der Waals surface area (Å²) in [6.07, 6.45) is 0.528. The van der Waals surface area contributed by atoms with Crippen molar-refractivity contribution in [1.29, 1.82) is 0 Å². The van der Waals surface area contributed by atoms with Gasteiger partial charge in [-0.25, -0.2) is 4.98 Å². The second-order valence-electron chi connectivity index (χ2n) is 4.71. The SMILES string of the molecule is CC(C)C(O)(CN)Cc1nc2ccccc2s1. The van der Waals surface area contributed by atoms with E-state index in [9.17, 15) is 5.11 Å². The van der Waals surface area contributed by atoms with Gasteiger partial charge in [0, 0.05) is 13.0 Å². The number of aliphatic hydroxyl groups is 1. The van der Waals surface area contributed by atoms with Crippen molar-refractivity contribution in [3.8, 4) is 0 Å². The highest BCUT2D eigenvalue weighted by Crippen LogP contribution is 2.27. The highest BCUT2D eigenvalue weighted by molar-refractivity contribution is 7.18. The van der Waals surface area contributed by atoms with Gasteiger partial charge in [-0.3, -0.25) is 0 Å². The number of hydrogen-bond acceptors (Lipinski definition) is 4. The van der Waals surface area contributed by atoms with Crippen LogP contribution in [0.3, 0.4) is 0 Å². The standard InChI is InChI=1S/C13H18N2OS/c1-9(2)13(16,8-14)7-12-15-10-5-3-4-6-11(10)17-12/h3-6,9,16H,7-8,14H2,1-2H3. The first-order valence-corrected chi connectivity index (χ1v) is 6.64. The topological polar surface area (TPSA) is 59.1 Å². The highest BCUT2D eigenvalue weighted by atomic mass is 32.1. The minimum Gasteiger partial charge on any atom is -0.388 e. The fourth-order valence-electron chi connectivity index (χ4n) is 1.77. The third-order valence-corrected chi connectivity index (χ3v) is 4.26. The summed E-state index contributed by atoms with van der Waals surface area (Å²) in [7, 11) is 0.